The number of nitrogens with one attached hydrogen (secondary N) is 3. The number of alkyl carbamates (subject to hydrolysis) is 2. The zero-order valence-electron chi connectivity index (χ0n) is 21.9. The maximum Gasteiger partial charge on any atom is 0.408 e. The molecule has 0 aliphatic rings. The Balaban J connectivity index is 1.85. The molecule has 0 heterocycles. The lowest BCUT2D eigenvalue weighted by Gasteiger charge is -2.24. The van der Waals surface area contributed by atoms with Crippen LogP contribution in [-0.2, 0) is 32.3 Å². The molecule has 0 aliphatic carbocycles. The first-order chi connectivity index (χ1) is 18.3. The van der Waals surface area contributed by atoms with Gasteiger partial charge in [0.15, 0.2) is 0 Å². The van der Waals surface area contributed by atoms with Crippen molar-refractivity contribution in [2.75, 3.05) is 6.54 Å². The molecule has 0 saturated carbocycles. The van der Waals surface area contributed by atoms with Crippen molar-refractivity contribution in [3.63, 3.8) is 0 Å². The van der Waals surface area contributed by atoms with Crippen LogP contribution in [-0.4, -0.2) is 47.8 Å². The van der Waals surface area contributed by atoms with Crippen molar-refractivity contribution < 1.29 is 33.8 Å². The normalized spacial score (nSPS) is 12.9. The fourth-order valence-electron chi connectivity index (χ4n) is 3.55. The second kappa shape index (κ2) is 16.6. The van der Waals surface area contributed by atoms with Gasteiger partial charge in [-0.3, -0.25) is 4.79 Å². The van der Waals surface area contributed by atoms with Crippen molar-refractivity contribution in [1.82, 2.24) is 16.0 Å². The van der Waals surface area contributed by atoms with Crippen LogP contribution in [0.3, 0.4) is 0 Å². The average Bonchev–Trinajstić information content (AvgIpc) is 2.93. The minimum Gasteiger partial charge on any atom is -0.480 e. The third-order valence-electron chi connectivity index (χ3n) is 6.00. The van der Waals surface area contributed by atoms with Crippen LogP contribution in [0.15, 0.2) is 60.7 Å². The van der Waals surface area contributed by atoms with Crippen LogP contribution in [0.1, 0.15) is 50.7 Å². The van der Waals surface area contributed by atoms with Gasteiger partial charge in [0.2, 0.25) is 5.91 Å². The SMILES string of the molecule is CC[C@@H](C)[C@H](NC(=O)[C@H](CCCCNC(=O)OCc1ccccc1)NC(=O)OCc1ccccc1)C(=O)O. The zero-order chi connectivity index (χ0) is 27.8. The molecule has 0 spiro atoms. The van der Waals surface area contributed by atoms with E-state index in [1.54, 1.807) is 19.1 Å². The number of aliphatic carboxylic acids is 1. The Morgan fingerprint density at radius 3 is 1.89 bits per heavy atom. The molecule has 2 rings (SSSR count). The first-order valence-corrected chi connectivity index (χ1v) is 12.7. The van der Waals surface area contributed by atoms with Crippen LogP contribution in [0, 0.1) is 5.92 Å². The lowest BCUT2D eigenvalue weighted by Crippen LogP contribution is -2.53. The maximum atomic E-state index is 12.9. The van der Waals surface area contributed by atoms with E-state index in [0.717, 1.165) is 11.1 Å². The number of hydrogen-bond acceptors (Lipinski definition) is 6. The van der Waals surface area contributed by atoms with E-state index in [9.17, 15) is 24.3 Å². The highest BCUT2D eigenvalue weighted by molar-refractivity contribution is 5.89. The van der Waals surface area contributed by atoms with Crippen LogP contribution in [0.25, 0.3) is 0 Å². The summed E-state index contributed by atoms with van der Waals surface area (Å²) in [6, 6.07) is 16.3. The molecule has 38 heavy (non-hydrogen) atoms. The number of unbranched alkanes of at least 4 members (excludes halogenated alkanes) is 1. The highest BCUT2D eigenvalue weighted by Crippen LogP contribution is 2.10. The van der Waals surface area contributed by atoms with Crippen molar-refractivity contribution in [2.24, 2.45) is 5.92 Å². The molecular formula is C28H37N3O7. The largest absolute Gasteiger partial charge is 0.480 e. The molecule has 0 fully saturated rings. The predicted molar refractivity (Wildman–Crippen MR) is 141 cm³/mol. The van der Waals surface area contributed by atoms with Gasteiger partial charge in [0.1, 0.15) is 25.3 Å². The second-order valence-corrected chi connectivity index (χ2v) is 8.95. The van der Waals surface area contributed by atoms with Gasteiger partial charge >= 0.3 is 18.2 Å². The standard InChI is InChI=1S/C28H37N3O7/c1-3-20(2)24(26(33)34)31-25(32)23(30-28(36)38-19-22-14-8-5-9-15-22)16-10-11-17-29-27(35)37-18-21-12-6-4-7-13-21/h4-9,12-15,20,23-24H,3,10-11,16-19H2,1-2H3,(H,29,35)(H,30,36)(H,31,32)(H,33,34)/t20-,23+,24+/m1/s1. The first kappa shape index (κ1) is 30.1. The Kier molecular flexibility index (Phi) is 13.2. The second-order valence-electron chi connectivity index (χ2n) is 8.95. The van der Waals surface area contributed by atoms with Gasteiger partial charge in [0.25, 0.3) is 0 Å². The van der Waals surface area contributed by atoms with E-state index in [1.165, 1.54) is 0 Å². The molecule has 2 aromatic rings. The smallest absolute Gasteiger partial charge is 0.408 e. The topological polar surface area (TPSA) is 143 Å². The number of ether oxygens (including phenoxy) is 2. The van der Waals surface area contributed by atoms with E-state index in [1.807, 2.05) is 55.5 Å². The van der Waals surface area contributed by atoms with Crippen molar-refractivity contribution in [3.05, 3.63) is 71.8 Å². The maximum absolute atomic E-state index is 12.9. The molecule has 0 saturated heterocycles. The van der Waals surface area contributed by atoms with Gasteiger partial charge in [0, 0.05) is 6.54 Å². The lowest BCUT2D eigenvalue weighted by atomic mass is 9.98. The Labute approximate surface area is 223 Å². The number of hydrogen-bond donors (Lipinski definition) is 4. The molecule has 2 aromatic carbocycles. The third kappa shape index (κ3) is 11.3. The number of benzene rings is 2. The summed E-state index contributed by atoms with van der Waals surface area (Å²) < 4.78 is 10.4. The van der Waals surface area contributed by atoms with Gasteiger partial charge in [-0.15, -0.1) is 0 Å². The van der Waals surface area contributed by atoms with Gasteiger partial charge in [-0.05, 0) is 36.3 Å². The molecule has 0 aliphatic heterocycles. The summed E-state index contributed by atoms with van der Waals surface area (Å²) in [7, 11) is 0. The summed E-state index contributed by atoms with van der Waals surface area (Å²) in [4.78, 5) is 48.9. The van der Waals surface area contributed by atoms with Gasteiger partial charge in [0.05, 0.1) is 0 Å². The highest BCUT2D eigenvalue weighted by Gasteiger charge is 2.29. The lowest BCUT2D eigenvalue weighted by molar-refractivity contribution is -0.143. The van der Waals surface area contributed by atoms with Gasteiger partial charge in [-0.2, -0.15) is 0 Å². The van der Waals surface area contributed by atoms with Gasteiger partial charge in [-0.25, -0.2) is 14.4 Å². The van der Waals surface area contributed by atoms with Gasteiger partial charge in [-0.1, -0.05) is 80.9 Å². The van der Waals surface area contributed by atoms with E-state index >= 15 is 0 Å². The van der Waals surface area contributed by atoms with Crippen molar-refractivity contribution in [2.45, 2.75) is 64.8 Å². The molecule has 10 heteroatoms. The molecule has 0 unspecified atom stereocenters. The summed E-state index contributed by atoms with van der Waals surface area (Å²) >= 11 is 0. The minimum atomic E-state index is -1.14. The summed E-state index contributed by atoms with van der Waals surface area (Å²) in [5.74, 6) is -2.05. The van der Waals surface area contributed by atoms with Crippen molar-refractivity contribution >= 4 is 24.1 Å². The fraction of sp³-hybridized carbons (Fsp3) is 0.429. The Hall–Kier alpha value is -4.08. The van der Waals surface area contributed by atoms with Crippen LogP contribution in [0.2, 0.25) is 0 Å². The van der Waals surface area contributed by atoms with Crippen LogP contribution >= 0.6 is 0 Å². The monoisotopic (exact) mass is 527 g/mol. The van der Waals surface area contributed by atoms with Crippen molar-refractivity contribution in [1.29, 1.82) is 0 Å². The summed E-state index contributed by atoms with van der Waals surface area (Å²) in [5, 5.41) is 17.3. The molecule has 3 amide bonds. The van der Waals surface area contributed by atoms with Crippen LogP contribution in [0.4, 0.5) is 9.59 Å². The first-order valence-electron chi connectivity index (χ1n) is 12.7. The van der Waals surface area contributed by atoms with Crippen LogP contribution < -0.4 is 16.0 Å². The predicted octanol–water partition coefficient (Wildman–Crippen LogP) is 3.99. The Morgan fingerprint density at radius 2 is 1.37 bits per heavy atom. The molecule has 0 radical (unpaired) electrons. The average molecular weight is 528 g/mol. The number of carboxylic acids is 1. The van der Waals surface area contributed by atoms with E-state index in [-0.39, 0.29) is 25.6 Å². The molecule has 3 atom stereocenters. The number of carbonyl (C=O) groups is 4. The molecular weight excluding hydrogens is 490 g/mol. The third-order valence-corrected chi connectivity index (χ3v) is 6.00. The Bertz CT molecular complexity index is 1020. The van der Waals surface area contributed by atoms with E-state index < -0.39 is 36.1 Å². The number of carbonyl (C=O) groups excluding carboxylic acids is 3. The quantitative estimate of drug-likeness (QED) is 0.256. The van der Waals surface area contributed by atoms with E-state index in [0.29, 0.717) is 25.8 Å². The molecule has 10 nitrogen and oxygen atoms in total. The fourth-order valence-corrected chi connectivity index (χ4v) is 3.55. The van der Waals surface area contributed by atoms with E-state index in [2.05, 4.69) is 16.0 Å². The molecule has 0 aromatic heterocycles. The molecule has 0 bridgehead atoms. The molecule has 4 N–H and O–H groups in total. The number of amides is 3. The minimum absolute atomic E-state index is 0.0284. The summed E-state index contributed by atoms with van der Waals surface area (Å²) in [6.07, 6.45) is 0.423. The molecule has 206 valence electrons. The van der Waals surface area contributed by atoms with Gasteiger partial charge < -0.3 is 30.5 Å². The number of rotatable bonds is 15. The zero-order valence-corrected chi connectivity index (χ0v) is 21.9. The summed E-state index contributed by atoms with van der Waals surface area (Å²) in [5.41, 5.74) is 1.66. The van der Waals surface area contributed by atoms with Crippen LogP contribution in [0.5, 0.6) is 0 Å². The Morgan fingerprint density at radius 1 is 0.816 bits per heavy atom. The summed E-state index contributed by atoms with van der Waals surface area (Å²) in [6.45, 7) is 4.07. The number of carboxylic acid groups (broad SMARTS) is 1. The van der Waals surface area contributed by atoms with Crippen molar-refractivity contribution in [3.8, 4) is 0 Å². The highest BCUT2D eigenvalue weighted by atomic mass is 16.6. The van der Waals surface area contributed by atoms with E-state index in [4.69, 9.17) is 9.47 Å².